The SMILES string of the molecule is CC(C)(C)c1cc(-c2c[nH]cc(-c3ccc(C(=O)N4CCC(O)CC4)cc3Cl)c2=O)ccn1. The minimum absolute atomic E-state index is 0.121. The van der Waals surface area contributed by atoms with Crippen molar-refractivity contribution >= 4 is 17.5 Å². The fourth-order valence-corrected chi connectivity index (χ4v) is 4.31. The predicted octanol–water partition coefficient (Wildman–Crippen LogP) is 4.65. The first kappa shape index (κ1) is 23.2. The number of hydrogen-bond acceptors (Lipinski definition) is 4. The molecule has 3 heterocycles. The molecule has 3 aromatic rings. The summed E-state index contributed by atoms with van der Waals surface area (Å²) in [7, 11) is 0. The number of piperidine rings is 1. The van der Waals surface area contributed by atoms with Gasteiger partial charge in [0.15, 0.2) is 5.43 Å². The minimum Gasteiger partial charge on any atom is -0.393 e. The summed E-state index contributed by atoms with van der Waals surface area (Å²) in [6.45, 7) is 7.27. The molecule has 1 amide bonds. The van der Waals surface area contributed by atoms with Crippen molar-refractivity contribution in [1.82, 2.24) is 14.9 Å². The Morgan fingerprint density at radius 3 is 2.45 bits per heavy atom. The van der Waals surface area contributed by atoms with Crippen LogP contribution in [0.25, 0.3) is 22.3 Å². The lowest BCUT2D eigenvalue weighted by molar-refractivity contribution is 0.0546. The number of aliphatic hydroxyl groups excluding tert-OH is 1. The number of nitrogens with zero attached hydrogens (tertiary/aromatic N) is 2. The minimum atomic E-state index is -0.348. The van der Waals surface area contributed by atoms with E-state index in [1.165, 1.54) is 0 Å². The molecule has 0 aliphatic carbocycles. The van der Waals surface area contributed by atoms with Crippen molar-refractivity contribution in [2.45, 2.75) is 45.1 Å². The second-order valence-corrected chi connectivity index (χ2v) is 9.92. The van der Waals surface area contributed by atoms with Crippen molar-refractivity contribution in [3.8, 4) is 22.3 Å². The summed E-state index contributed by atoms with van der Waals surface area (Å²) in [5, 5.41) is 10.0. The third kappa shape index (κ3) is 4.87. The standard InChI is InChI=1S/C26H28ClN3O3/c1-26(2,3)23-13-16(6-9-29-23)20-14-28-15-21(24(20)32)19-5-4-17(12-22(19)27)25(33)30-10-7-18(31)8-11-30/h4-6,9,12-15,18,31H,7-8,10-11H2,1-3H3,(H,28,32). The largest absolute Gasteiger partial charge is 0.393 e. The number of aliphatic hydroxyl groups is 1. The topological polar surface area (TPSA) is 86.3 Å². The maximum Gasteiger partial charge on any atom is 0.253 e. The summed E-state index contributed by atoms with van der Waals surface area (Å²) in [5.74, 6) is -0.121. The van der Waals surface area contributed by atoms with Crippen molar-refractivity contribution in [3.63, 3.8) is 0 Å². The van der Waals surface area contributed by atoms with E-state index in [0.29, 0.717) is 53.2 Å². The number of aromatic nitrogens is 2. The molecule has 4 rings (SSSR count). The molecule has 2 N–H and O–H groups in total. The Kier molecular flexibility index (Phi) is 6.41. The molecule has 0 spiro atoms. The van der Waals surface area contributed by atoms with Crippen LogP contribution in [0.4, 0.5) is 0 Å². The number of benzene rings is 1. The van der Waals surface area contributed by atoms with Crippen LogP contribution in [-0.4, -0.2) is 45.1 Å². The quantitative estimate of drug-likeness (QED) is 0.589. The molecule has 1 aliphatic rings. The van der Waals surface area contributed by atoms with Crippen LogP contribution in [0, 0.1) is 0 Å². The van der Waals surface area contributed by atoms with Gasteiger partial charge in [0.25, 0.3) is 5.91 Å². The van der Waals surface area contributed by atoms with Crippen LogP contribution in [0.5, 0.6) is 0 Å². The average Bonchev–Trinajstić information content (AvgIpc) is 2.79. The maximum absolute atomic E-state index is 13.4. The molecule has 33 heavy (non-hydrogen) atoms. The van der Waals surface area contributed by atoms with Gasteiger partial charge in [-0.15, -0.1) is 0 Å². The fourth-order valence-electron chi connectivity index (χ4n) is 4.03. The van der Waals surface area contributed by atoms with E-state index in [9.17, 15) is 14.7 Å². The number of amides is 1. The molecule has 172 valence electrons. The molecule has 7 heteroatoms. The van der Waals surface area contributed by atoms with Gasteiger partial charge in [-0.1, -0.05) is 38.4 Å². The number of H-pyrrole nitrogens is 1. The van der Waals surface area contributed by atoms with Crippen molar-refractivity contribution in [2.75, 3.05) is 13.1 Å². The molecule has 0 bridgehead atoms. The number of aromatic amines is 1. The second kappa shape index (κ2) is 9.12. The van der Waals surface area contributed by atoms with Crippen LogP contribution in [0.1, 0.15) is 49.7 Å². The third-order valence-corrected chi connectivity index (χ3v) is 6.35. The van der Waals surface area contributed by atoms with Crippen LogP contribution in [0.15, 0.2) is 53.7 Å². The average molecular weight is 466 g/mol. The summed E-state index contributed by atoms with van der Waals surface area (Å²) >= 11 is 6.55. The molecule has 2 aromatic heterocycles. The number of hydrogen-bond donors (Lipinski definition) is 2. The van der Waals surface area contributed by atoms with Gasteiger partial charge in [-0.2, -0.15) is 0 Å². The molecule has 1 aromatic carbocycles. The predicted molar refractivity (Wildman–Crippen MR) is 131 cm³/mol. The van der Waals surface area contributed by atoms with E-state index in [-0.39, 0.29) is 22.9 Å². The summed E-state index contributed by atoms with van der Waals surface area (Å²) in [5.41, 5.74) is 3.40. The van der Waals surface area contributed by atoms with E-state index in [4.69, 9.17) is 11.6 Å². The number of carbonyl (C=O) groups is 1. The molecule has 0 unspecified atom stereocenters. The lowest BCUT2D eigenvalue weighted by atomic mass is 9.90. The second-order valence-electron chi connectivity index (χ2n) is 9.51. The van der Waals surface area contributed by atoms with E-state index >= 15 is 0 Å². The van der Waals surface area contributed by atoms with Crippen LogP contribution in [0.3, 0.4) is 0 Å². The molecular formula is C26H28ClN3O3. The van der Waals surface area contributed by atoms with E-state index in [0.717, 1.165) is 11.3 Å². The monoisotopic (exact) mass is 465 g/mol. The zero-order valence-corrected chi connectivity index (χ0v) is 19.8. The number of pyridine rings is 2. The smallest absolute Gasteiger partial charge is 0.253 e. The normalized spacial score (nSPS) is 15.0. The molecular weight excluding hydrogens is 438 g/mol. The summed E-state index contributed by atoms with van der Waals surface area (Å²) in [6.07, 6.45) is 5.84. The molecule has 6 nitrogen and oxygen atoms in total. The first-order valence-electron chi connectivity index (χ1n) is 11.1. The first-order chi connectivity index (χ1) is 15.6. The Morgan fingerprint density at radius 1 is 1.09 bits per heavy atom. The number of halogens is 1. The summed E-state index contributed by atoms with van der Waals surface area (Å²) in [6, 6.07) is 8.79. The van der Waals surface area contributed by atoms with Crippen molar-refractivity contribution < 1.29 is 9.90 Å². The highest BCUT2D eigenvalue weighted by atomic mass is 35.5. The first-order valence-corrected chi connectivity index (χ1v) is 11.5. The van der Waals surface area contributed by atoms with Gasteiger partial charge in [0.1, 0.15) is 0 Å². The summed E-state index contributed by atoms with van der Waals surface area (Å²) in [4.78, 5) is 35.5. The lowest BCUT2D eigenvalue weighted by Crippen LogP contribution is -2.40. The zero-order valence-electron chi connectivity index (χ0n) is 19.1. The number of carbonyl (C=O) groups excluding carboxylic acids is 1. The Hall–Kier alpha value is -2.96. The molecule has 1 fully saturated rings. The van der Waals surface area contributed by atoms with Gasteiger partial charge in [-0.05, 0) is 42.7 Å². The molecule has 1 saturated heterocycles. The van der Waals surface area contributed by atoms with Crippen LogP contribution >= 0.6 is 11.6 Å². The number of rotatable bonds is 3. The molecule has 1 aliphatic heterocycles. The third-order valence-electron chi connectivity index (χ3n) is 6.04. The molecule has 0 radical (unpaired) electrons. The highest BCUT2D eigenvalue weighted by Crippen LogP contribution is 2.29. The zero-order chi connectivity index (χ0) is 23.8. The Balaban J connectivity index is 1.67. The van der Waals surface area contributed by atoms with Gasteiger partial charge in [0.2, 0.25) is 0 Å². The fraction of sp³-hybridized carbons (Fsp3) is 0.346. The molecule has 0 saturated carbocycles. The Labute approximate surface area is 198 Å². The van der Waals surface area contributed by atoms with Gasteiger partial charge in [-0.25, -0.2) is 0 Å². The van der Waals surface area contributed by atoms with Gasteiger partial charge in [0.05, 0.1) is 6.10 Å². The van der Waals surface area contributed by atoms with Crippen molar-refractivity contribution in [2.24, 2.45) is 0 Å². The summed E-state index contributed by atoms with van der Waals surface area (Å²) < 4.78 is 0. The van der Waals surface area contributed by atoms with Crippen LogP contribution in [0.2, 0.25) is 5.02 Å². The van der Waals surface area contributed by atoms with Crippen molar-refractivity contribution in [3.05, 3.63) is 75.4 Å². The van der Waals surface area contributed by atoms with Crippen LogP contribution < -0.4 is 5.43 Å². The number of likely N-dealkylation sites (tertiary alicyclic amines) is 1. The van der Waals surface area contributed by atoms with E-state index < -0.39 is 0 Å². The van der Waals surface area contributed by atoms with Gasteiger partial charge in [-0.3, -0.25) is 14.6 Å². The molecule has 0 atom stereocenters. The van der Waals surface area contributed by atoms with E-state index in [1.807, 2.05) is 12.1 Å². The highest BCUT2D eigenvalue weighted by Gasteiger charge is 2.23. The highest BCUT2D eigenvalue weighted by molar-refractivity contribution is 6.33. The van der Waals surface area contributed by atoms with Crippen molar-refractivity contribution in [1.29, 1.82) is 0 Å². The van der Waals surface area contributed by atoms with Crippen LogP contribution in [-0.2, 0) is 5.41 Å². The Morgan fingerprint density at radius 2 is 1.79 bits per heavy atom. The van der Waals surface area contributed by atoms with E-state index in [1.54, 1.807) is 41.7 Å². The Bertz CT molecular complexity index is 1240. The van der Waals surface area contributed by atoms with Gasteiger partial charge in [0, 0.05) is 70.1 Å². The lowest BCUT2D eigenvalue weighted by Gasteiger charge is -2.29. The number of nitrogens with one attached hydrogen (secondary N) is 1. The van der Waals surface area contributed by atoms with E-state index in [2.05, 4.69) is 30.7 Å². The van der Waals surface area contributed by atoms with Gasteiger partial charge >= 0.3 is 0 Å². The van der Waals surface area contributed by atoms with Gasteiger partial charge < -0.3 is 15.0 Å². The maximum atomic E-state index is 13.4.